The highest BCUT2D eigenvalue weighted by Crippen LogP contribution is 2.31. The Morgan fingerprint density at radius 1 is 1.35 bits per heavy atom. The van der Waals surface area contributed by atoms with Crippen LogP contribution in [0.4, 0.5) is 10.3 Å². The molecular weight excluding hydrogens is 365 g/mol. The summed E-state index contributed by atoms with van der Waals surface area (Å²) in [5.41, 5.74) is 2.56. The van der Waals surface area contributed by atoms with Gasteiger partial charge in [0.1, 0.15) is 5.82 Å². The van der Waals surface area contributed by atoms with Gasteiger partial charge in [-0.25, -0.2) is 9.82 Å². The number of carbonyl (C=O) groups is 1. The van der Waals surface area contributed by atoms with Gasteiger partial charge in [0.15, 0.2) is 5.76 Å². The molecule has 2 aromatic rings. The first-order chi connectivity index (χ1) is 11.1. The maximum atomic E-state index is 13.1. The molecule has 1 aromatic heterocycles. The number of nitrogens with zero attached hydrogens (tertiary/aromatic N) is 2. The van der Waals surface area contributed by atoms with Crippen molar-refractivity contribution in [3.05, 3.63) is 51.9 Å². The lowest BCUT2D eigenvalue weighted by atomic mass is 10.2. The highest BCUT2D eigenvalue weighted by molar-refractivity contribution is 9.10. The van der Waals surface area contributed by atoms with E-state index in [1.807, 2.05) is 0 Å². The summed E-state index contributed by atoms with van der Waals surface area (Å²) in [6, 6.07) is 7.22. The smallest absolute Gasteiger partial charge is 0.271 e. The first-order valence-electron chi connectivity index (χ1n) is 7.27. The van der Waals surface area contributed by atoms with Gasteiger partial charge < -0.3 is 9.32 Å². The summed E-state index contributed by atoms with van der Waals surface area (Å²) in [4.78, 5) is 14.0. The van der Waals surface area contributed by atoms with Crippen molar-refractivity contribution in [3.8, 4) is 0 Å². The van der Waals surface area contributed by atoms with Gasteiger partial charge in [-0.3, -0.25) is 4.79 Å². The van der Waals surface area contributed by atoms with Crippen LogP contribution in [-0.2, 0) is 0 Å². The number of hydrogen-bond donors (Lipinski definition) is 1. The molecule has 1 aliphatic rings. The molecule has 0 atom stereocenters. The zero-order chi connectivity index (χ0) is 16.2. The minimum Gasteiger partial charge on any atom is -0.438 e. The average molecular weight is 380 g/mol. The van der Waals surface area contributed by atoms with Gasteiger partial charge in [-0.1, -0.05) is 6.07 Å². The lowest BCUT2D eigenvalue weighted by Crippen LogP contribution is -2.17. The molecule has 0 radical (unpaired) electrons. The van der Waals surface area contributed by atoms with E-state index in [4.69, 9.17) is 4.42 Å². The van der Waals surface area contributed by atoms with Gasteiger partial charge in [0.25, 0.3) is 5.91 Å². The molecule has 5 nitrogen and oxygen atoms in total. The minimum absolute atomic E-state index is 0.209. The Morgan fingerprint density at radius 3 is 2.87 bits per heavy atom. The number of hydrogen-bond acceptors (Lipinski definition) is 4. The van der Waals surface area contributed by atoms with E-state index in [1.165, 1.54) is 24.4 Å². The lowest BCUT2D eigenvalue weighted by molar-refractivity contribution is 0.0954. The first kappa shape index (κ1) is 15.7. The fraction of sp³-hybridized carbons (Fsp3) is 0.250. The van der Waals surface area contributed by atoms with Crippen LogP contribution < -0.4 is 10.3 Å². The molecule has 120 valence electrons. The largest absolute Gasteiger partial charge is 0.438 e. The van der Waals surface area contributed by atoms with Crippen molar-refractivity contribution >= 4 is 33.9 Å². The fourth-order valence-electron chi connectivity index (χ4n) is 2.42. The topological polar surface area (TPSA) is 57.8 Å². The van der Waals surface area contributed by atoms with Gasteiger partial charge in [0.05, 0.1) is 10.7 Å². The van der Waals surface area contributed by atoms with Crippen molar-refractivity contribution in [2.75, 3.05) is 18.0 Å². The molecule has 7 heteroatoms. The second-order valence-electron chi connectivity index (χ2n) is 5.21. The molecule has 0 spiro atoms. The van der Waals surface area contributed by atoms with Crippen molar-refractivity contribution in [1.82, 2.24) is 5.43 Å². The number of rotatable bonds is 4. The van der Waals surface area contributed by atoms with Crippen LogP contribution in [0, 0.1) is 5.82 Å². The normalized spacial score (nSPS) is 14.6. The Morgan fingerprint density at radius 2 is 2.13 bits per heavy atom. The van der Waals surface area contributed by atoms with Crippen LogP contribution in [0.25, 0.3) is 0 Å². The third-order valence-electron chi connectivity index (χ3n) is 3.53. The summed E-state index contributed by atoms with van der Waals surface area (Å²) in [6.45, 7) is 1.94. The van der Waals surface area contributed by atoms with Gasteiger partial charge >= 0.3 is 0 Å². The Balaban J connectivity index is 1.64. The molecule has 1 amide bonds. The summed E-state index contributed by atoms with van der Waals surface area (Å²) in [5.74, 6) is 0.358. The summed E-state index contributed by atoms with van der Waals surface area (Å²) in [7, 11) is 0. The molecule has 23 heavy (non-hydrogen) atoms. The average Bonchev–Trinajstić information content (AvgIpc) is 3.16. The Labute approximate surface area is 141 Å². The van der Waals surface area contributed by atoms with Gasteiger partial charge in [0.2, 0.25) is 5.88 Å². The van der Waals surface area contributed by atoms with Crippen molar-refractivity contribution in [1.29, 1.82) is 0 Å². The number of carbonyl (C=O) groups excluding carboxylic acids is 1. The number of anilines is 1. The number of hydrazone groups is 1. The number of furan rings is 1. The molecule has 1 fully saturated rings. The van der Waals surface area contributed by atoms with E-state index in [0.717, 1.165) is 42.4 Å². The zero-order valence-corrected chi connectivity index (χ0v) is 13.8. The predicted molar refractivity (Wildman–Crippen MR) is 89.3 cm³/mol. The summed E-state index contributed by atoms with van der Waals surface area (Å²) in [6.07, 6.45) is 3.72. The van der Waals surface area contributed by atoms with Crippen LogP contribution in [0.3, 0.4) is 0 Å². The van der Waals surface area contributed by atoms with Crippen LogP contribution in [0.15, 0.2) is 44.3 Å². The fourth-order valence-corrected chi connectivity index (χ4v) is 2.98. The molecule has 0 saturated carbocycles. The van der Waals surface area contributed by atoms with Crippen molar-refractivity contribution in [2.45, 2.75) is 12.8 Å². The number of nitrogens with one attached hydrogen (secondary N) is 1. The molecule has 1 saturated heterocycles. The molecule has 1 N–H and O–H groups in total. The van der Waals surface area contributed by atoms with E-state index in [0.29, 0.717) is 5.76 Å². The summed E-state index contributed by atoms with van der Waals surface area (Å²) >= 11 is 3.47. The molecule has 2 heterocycles. The van der Waals surface area contributed by atoms with Crippen LogP contribution in [0.5, 0.6) is 0 Å². The summed E-state index contributed by atoms with van der Waals surface area (Å²) in [5, 5.41) is 3.85. The Kier molecular flexibility index (Phi) is 4.76. The van der Waals surface area contributed by atoms with Crippen LogP contribution in [0.1, 0.15) is 29.0 Å². The van der Waals surface area contributed by atoms with Crippen molar-refractivity contribution in [3.63, 3.8) is 0 Å². The third kappa shape index (κ3) is 3.79. The SMILES string of the molecule is O=C(N/N=C\c1cc(Br)c(N2CCCC2)o1)c1cccc(F)c1. The van der Waals surface area contributed by atoms with Crippen molar-refractivity contribution in [2.24, 2.45) is 5.10 Å². The standard InChI is InChI=1S/C16H15BrFN3O2/c17-14-9-13(23-16(14)21-6-1-2-7-21)10-19-20-15(22)11-4-3-5-12(18)8-11/h3-5,8-10H,1-2,6-7H2,(H,20,22)/b19-10-. The van der Waals surface area contributed by atoms with E-state index >= 15 is 0 Å². The second kappa shape index (κ2) is 6.95. The van der Waals surface area contributed by atoms with Crippen LogP contribution in [0.2, 0.25) is 0 Å². The van der Waals surface area contributed by atoms with E-state index in [9.17, 15) is 9.18 Å². The zero-order valence-electron chi connectivity index (χ0n) is 12.3. The van der Waals surface area contributed by atoms with E-state index in [2.05, 4.69) is 31.4 Å². The number of halogens is 2. The summed E-state index contributed by atoms with van der Waals surface area (Å²) < 4.78 is 19.6. The number of amides is 1. The Bertz CT molecular complexity index is 739. The van der Waals surface area contributed by atoms with E-state index in [1.54, 1.807) is 6.07 Å². The first-order valence-corrected chi connectivity index (χ1v) is 8.06. The molecular formula is C16H15BrFN3O2. The maximum absolute atomic E-state index is 13.1. The maximum Gasteiger partial charge on any atom is 0.271 e. The van der Waals surface area contributed by atoms with Gasteiger partial charge in [-0.05, 0) is 47.0 Å². The predicted octanol–water partition coefficient (Wildman–Crippen LogP) is 3.55. The van der Waals surface area contributed by atoms with Crippen LogP contribution >= 0.6 is 15.9 Å². The molecule has 1 aliphatic heterocycles. The second-order valence-corrected chi connectivity index (χ2v) is 6.06. The Hall–Kier alpha value is -2.15. The molecule has 0 unspecified atom stereocenters. The quantitative estimate of drug-likeness (QED) is 0.652. The van der Waals surface area contributed by atoms with E-state index in [-0.39, 0.29) is 5.56 Å². The van der Waals surface area contributed by atoms with Crippen LogP contribution in [-0.4, -0.2) is 25.2 Å². The van der Waals surface area contributed by atoms with Gasteiger partial charge in [-0.2, -0.15) is 5.10 Å². The molecule has 0 bridgehead atoms. The lowest BCUT2D eigenvalue weighted by Gasteiger charge is -2.13. The minimum atomic E-state index is -0.480. The number of benzene rings is 1. The highest BCUT2D eigenvalue weighted by atomic mass is 79.9. The molecule has 1 aromatic carbocycles. The van der Waals surface area contributed by atoms with E-state index < -0.39 is 11.7 Å². The van der Waals surface area contributed by atoms with Crippen molar-refractivity contribution < 1.29 is 13.6 Å². The van der Waals surface area contributed by atoms with Gasteiger partial charge in [0, 0.05) is 24.7 Å². The highest BCUT2D eigenvalue weighted by Gasteiger charge is 2.19. The monoisotopic (exact) mass is 379 g/mol. The molecule has 3 rings (SSSR count). The van der Waals surface area contributed by atoms with Gasteiger partial charge in [-0.15, -0.1) is 0 Å². The molecule has 0 aliphatic carbocycles. The third-order valence-corrected chi connectivity index (χ3v) is 4.09.